The van der Waals surface area contributed by atoms with Crippen LogP contribution >= 0.6 is 0 Å². The van der Waals surface area contributed by atoms with Gasteiger partial charge in [0.05, 0.1) is 12.7 Å². The molecule has 2 unspecified atom stereocenters. The van der Waals surface area contributed by atoms with Gasteiger partial charge in [-0.25, -0.2) is 0 Å². The molecule has 2 atom stereocenters. The van der Waals surface area contributed by atoms with Crippen molar-refractivity contribution in [2.45, 2.75) is 328 Å². The van der Waals surface area contributed by atoms with E-state index in [0.717, 1.165) is 64.4 Å². The topological polar surface area (TPSA) is 91.4 Å². The zero-order valence-corrected chi connectivity index (χ0v) is 42.9. The second-order valence-electron chi connectivity index (χ2n) is 20.0. The highest BCUT2D eigenvalue weighted by atomic mass is 16.6. The Labute approximate surface area is 397 Å². The third-order valence-corrected chi connectivity index (χ3v) is 13.4. The normalized spacial score (nSPS) is 13.9. The van der Waals surface area contributed by atoms with Crippen LogP contribution in [0.15, 0.2) is 0 Å². The number of carbonyl (C=O) groups excluding carboxylic acids is 3. The van der Waals surface area contributed by atoms with E-state index in [0.29, 0.717) is 25.4 Å². The summed E-state index contributed by atoms with van der Waals surface area (Å²) in [4.78, 5) is 38.1. The van der Waals surface area contributed by atoms with Crippen molar-refractivity contribution in [1.82, 2.24) is 0 Å². The molecule has 0 N–H and O–H groups in total. The lowest BCUT2D eigenvalue weighted by Gasteiger charge is -2.18. The highest BCUT2D eigenvalue weighted by Crippen LogP contribution is 2.20. The first-order valence-corrected chi connectivity index (χ1v) is 28.7. The summed E-state index contributed by atoms with van der Waals surface area (Å²) in [5.74, 6) is -0.840. The van der Waals surface area contributed by atoms with Gasteiger partial charge in [-0.05, 0) is 25.7 Å². The van der Waals surface area contributed by atoms with Crippen LogP contribution in [-0.4, -0.2) is 49.9 Å². The van der Waals surface area contributed by atoms with Gasteiger partial charge in [-0.15, -0.1) is 0 Å². The van der Waals surface area contributed by atoms with E-state index >= 15 is 0 Å². The highest BCUT2D eigenvalue weighted by molar-refractivity contribution is 5.71. The number of hydrogen-bond donors (Lipinski definition) is 0. The third kappa shape index (κ3) is 46.9. The molecule has 0 aromatic heterocycles. The first kappa shape index (κ1) is 60.4. The van der Waals surface area contributed by atoms with Crippen molar-refractivity contribution in [2.24, 2.45) is 0 Å². The minimum absolute atomic E-state index is 0.0638. The molecule has 1 saturated heterocycles. The van der Waals surface area contributed by atoms with Crippen molar-refractivity contribution < 1.29 is 33.3 Å². The average Bonchev–Trinajstić information content (AvgIpc) is 4.13. The minimum Gasteiger partial charge on any atom is -0.462 e. The number of unbranched alkanes of at least 4 members (excludes halogenated alkanes) is 40. The summed E-state index contributed by atoms with van der Waals surface area (Å²) < 4.78 is 22.2. The quantitative estimate of drug-likeness (QED) is 0.0260. The largest absolute Gasteiger partial charge is 0.462 e. The fourth-order valence-corrected chi connectivity index (χ4v) is 8.98. The standard InChI is InChI=1S/C57H108O7/c1-3-5-7-9-11-13-15-17-19-23-27-31-35-39-43-47-55(58)62-51-54(64-57(60)49-45-41-37-33-29-24-20-18-16-14-12-10-8-6-4-2)52-63-56(59)48-44-40-36-32-28-25-21-22-26-30-34-38-42-46-53-50-61-53/h53-54H,3-52H2,1-2H3. The smallest absolute Gasteiger partial charge is 0.306 e. The number of esters is 3. The van der Waals surface area contributed by atoms with Crippen LogP contribution in [0.4, 0.5) is 0 Å². The summed E-state index contributed by atoms with van der Waals surface area (Å²) in [7, 11) is 0. The molecule has 64 heavy (non-hydrogen) atoms. The SMILES string of the molecule is CCCCCCCCCCCCCCCCCC(=O)OCC(COC(=O)CCCCCCCCCCCCCCCC1CO1)OC(=O)CCCCCCCCCCCCCCCCC. The molecule has 0 radical (unpaired) electrons. The van der Waals surface area contributed by atoms with Gasteiger partial charge in [-0.1, -0.05) is 271 Å². The van der Waals surface area contributed by atoms with Crippen LogP contribution in [0.2, 0.25) is 0 Å². The summed E-state index contributed by atoms with van der Waals surface area (Å²) >= 11 is 0. The molecular formula is C57H108O7. The van der Waals surface area contributed by atoms with Crippen molar-refractivity contribution in [3.8, 4) is 0 Å². The van der Waals surface area contributed by atoms with Crippen LogP contribution in [0.5, 0.6) is 0 Å². The molecule has 378 valence electrons. The molecular weight excluding hydrogens is 797 g/mol. The average molecular weight is 905 g/mol. The molecule has 1 aliphatic rings. The van der Waals surface area contributed by atoms with Crippen LogP contribution in [0, 0.1) is 0 Å². The van der Waals surface area contributed by atoms with E-state index < -0.39 is 6.10 Å². The molecule has 1 heterocycles. The minimum atomic E-state index is -0.764. The van der Waals surface area contributed by atoms with Crippen molar-refractivity contribution in [3.05, 3.63) is 0 Å². The lowest BCUT2D eigenvalue weighted by atomic mass is 10.0. The molecule has 7 nitrogen and oxygen atoms in total. The summed E-state index contributed by atoms with van der Waals surface area (Å²) in [5.41, 5.74) is 0. The van der Waals surface area contributed by atoms with E-state index in [4.69, 9.17) is 18.9 Å². The molecule has 0 saturated carbocycles. The monoisotopic (exact) mass is 905 g/mol. The molecule has 0 aromatic carbocycles. The number of carbonyl (C=O) groups is 3. The molecule has 0 amide bonds. The molecule has 0 aliphatic carbocycles. The Balaban J connectivity index is 2.21. The van der Waals surface area contributed by atoms with Crippen molar-refractivity contribution in [2.75, 3.05) is 19.8 Å². The van der Waals surface area contributed by atoms with Gasteiger partial charge in [0.25, 0.3) is 0 Å². The fraction of sp³-hybridized carbons (Fsp3) is 0.947. The predicted molar refractivity (Wildman–Crippen MR) is 270 cm³/mol. The van der Waals surface area contributed by atoms with Crippen LogP contribution in [0.3, 0.4) is 0 Å². The second-order valence-corrected chi connectivity index (χ2v) is 20.0. The molecule has 0 spiro atoms. The van der Waals surface area contributed by atoms with Gasteiger partial charge in [0.2, 0.25) is 0 Å². The lowest BCUT2D eigenvalue weighted by Crippen LogP contribution is -2.30. The van der Waals surface area contributed by atoms with Gasteiger partial charge in [0, 0.05) is 19.3 Å². The van der Waals surface area contributed by atoms with E-state index in [-0.39, 0.29) is 31.1 Å². The van der Waals surface area contributed by atoms with Crippen LogP contribution in [0.1, 0.15) is 316 Å². The Bertz CT molecular complexity index is 996. The van der Waals surface area contributed by atoms with Crippen molar-refractivity contribution >= 4 is 17.9 Å². The van der Waals surface area contributed by atoms with Gasteiger partial charge in [0.1, 0.15) is 13.2 Å². The highest BCUT2D eigenvalue weighted by Gasteiger charge is 2.21. The van der Waals surface area contributed by atoms with Crippen LogP contribution in [0.25, 0.3) is 0 Å². The zero-order valence-electron chi connectivity index (χ0n) is 42.9. The van der Waals surface area contributed by atoms with E-state index in [1.807, 2.05) is 0 Å². The van der Waals surface area contributed by atoms with E-state index in [1.165, 1.54) is 225 Å². The van der Waals surface area contributed by atoms with Gasteiger partial charge in [0.15, 0.2) is 6.10 Å². The molecule has 1 fully saturated rings. The van der Waals surface area contributed by atoms with Crippen molar-refractivity contribution in [3.63, 3.8) is 0 Å². The first-order chi connectivity index (χ1) is 31.5. The summed E-state index contributed by atoms with van der Waals surface area (Å²) in [6.45, 7) is 5.42. The Morgan fingerprint density at radius 3 is 0.859 bits per heavy atom. The van der Waals surface area contributed by atoms with Gasteiger partial charge >= 0.3 is 17.9 Å². The Morgan fingerprint density at radius 2 is 0.594 bits per heavy atom. The maximum absolute atomic E-state index is 12.8. The summed E-state index contributed by atoms with van der Waals surface area (Å²) in [6, 6.07) is 0. The number of epoxide rings is 1. The van der Waals surface area contributed by atoms with Crippen LogP contribution < -0.4 is 0 Å². The fourth-order valence-electron chi connectivity index (χ4n) is 8.98. The predicted octanol–water partition coefficient (Wildman–Crippen LogP) is 17.8. The number of ether oxygens (including phenoxy) is 4. The number of hydrogen-bond acceptors (Lipinski definition) is 7. The van der Waals surface area contributed by atoms with E-state index in [9.17, 15) is 14.4 Å². The molecule has 0 aromatic rings. The second kappa shape index (κ2) is 49.3. The van der Waals surface area contributed by atoms with Gasteiger partial charge < -0.3 is 18.9 Å². The molecule has 1 aliphatic heterocycles. The molecule has 1 rings (SSSR count). The molecule has 0 bridgehead atoms. The zero-order chi connectivity index (χ0) is 46.1. The lowest BCUT2D eigenvalue weighted by molar-refractivity contribution is -0.167. The van der Waals surface area contributed by atoms with Gasteiger partial charge in [-0.3, -0.25) is 14.4 Å². The van der Waals surface area contributed by atoms with Crippen LogP contribution in [-0.2, 0) is 33.3 Å². The third-order valence-electron chi connectivity index (χ3n) is 13.4. The maximum atomic E-state index is 12.8. The molecule has 7 heteroatoms. The summed E-state index contributed by atoms with van der Waals surface area (Å²) in [5, 5.41) is 0. The Morgan fingerprint density at radius 1 is 0.359 bits per heavy atom. The van der Waals surface area contributed by atoms with E-state index in [1.54, 1.807) is 0 Å². The van der Waals surface area contributed by atoms with Crippen molar-refractivity contribution in [1.29, 1.82) is 0 Å². The van der Waals surface area contributed by atoms with E-state index in [2.05, 4.69) is 13.8 Å². The first-order valence-electron chi connectivity index (χ1n) is 28.7. The number of rotatable bonds is 53. The summed E-state index contributed by atoms with van der Waals surface area (Å²) in [6.07, 6.45) is 56.8. The van der Waals surface area contributed by atoms with Gasteiger partial charge in [-0.2, -0.15) is 0 Å². The Hall–Kier alpha value is -1.63. The maximum Gasteiger partial charge on any atom is 0.306 e. The Kier molecular flexibility index (Phi) is 46.5.